The van der Waals surface area contributed by atoms with E-state index < -0.39 is 192 Å². The molecule has 5 rings (SSSR count). The SMILES string of the molecule is CC(=O)N[C@H]1[C@@H](OC[C@H]2O[C@@H](O[C@H]3[C@@H](O)[C@@H](CO)OC(O)[C@@H]3NC(C)=O)[C@H](O)[C@@H](O[C@@H]3O[C@H](CO)[C@H](O)[C@H](O)[C@H]3O)[C@H]2O)O[C@H](CO)[C@H](O)[C@@H]1O[C@@H]1O[C@@H](C)[C@@H](O)[C@@H](O)[C@@H]1O. The summed E-state index contributed by atoms with van der Waals surface area (Å²) < 4.78 is 51.2. The first-order chi connectivity index (χ1) is 28.7. The Kier molecular flexibility index (Phi) is 17.5. The highest BCUT2D eigenvalue weighted by Crippen LogP contribution is 2.34. The second kappa shape index (κ2) is 21.3. The van der Waals surface area contributed by atoms with Crippen LogP contribution >= 0.6 is 0 Å². The predicted octanol–water partition coefficient (Wildman–Crippen LogP) is -10.6. The number of carbonyl (C=O) groups excluding carboxylic acids is 2. The molecule has 5 saturated heterocycles. The molecule has 0 aromatic carbocycles. The van der Waals surface area contributed by atoms with Gasteiger partial charge in [0.25, 0.3) is 0 Å². The van der Waals surface area contributed by atoms with Crippen molar-refractivity contribution in [2.45, 2.75) is 174 Å². The van der Waals surface area contributed by atoms with Crippen molar-refractivity contribution in [1.82, 2.24) is 10.6 Å². The van der Waals surface area contributed by atoms with E-state index in [0.29, 0.717) is 0 Å². The van der Waals surface area contributed by atoms with E-state index in [-0.39, 0.29) is 0 Å². The topological polar surface area (TPSA) is 424 Å². The second-order valence-electron chi connectivity index (χ2n) is 15.4. The Morgan fingerprint density at radius 3 is 1.43 bits per heavy atom. The van der Waals surface area contributed by atoms with Crippen molar-refractivity contribution in [1.29, 1.82) is 0 Å². The Morgan fingerprint density at radius 2 is 0.869 bits per heavy atom. The highest BCUT2D eigenvalue weighted by molar-refractivity contribution is 5.73. The number of nitrogens with one attached hydrogen (secondary N) is 2. The van der Waals surface area contributed by atoms with Crippen molar-refractivity contribution in [3.63, 3.8) is 0 Å². The fourth-order valence-electron chi connectivity index (χ4n) is 7.67. The van der Waals surface area contributed by atoms with Gasteiger partial charge in [0, 0.05) is 13.8 Å². The van der Waals surface area contributed by atoms with Crippen molar-refractivity contribution < 1.29 is 124 Å². The summed E-state index contributed by atoms with van der Waals surface area (Å²) in [5.74, 6) is -1.49. The number of hydrogen-bond acceptors (Lipinski definition) is 25. The van der Waals surface area contributed by atoms with Gasteiger partial charge in [-0.2, -0.15) is 0 Å². The molecule has 5 fully saturated rings. The number of aliphatic hydroxyl groups is 14. The summed E-state index contributed by atoms with van der Waals surface area (Å²) in [6.45, 7) is 0.00966. The minimum atomic E-state index is -2.15. The lowest BCUT2D eigenvalue weighted by Gasteiger charge is -2.49. The van der Waals surface area contributed by atoms with E-state index in [1.54, 1.807) is 0 Å². The van der Waals surface area contributed by atoms with Crippen LogP contribution in [0.3, 0.4) is 0 Å². The molecule has 27 nitrogen and oxygen atoms in total. The maximum atomic E-state index is 12.5. The number of ether oxygens (including phenoxy) is 9. The fourth-order valence-corrected chi connectivity index (χ4v) is 7.67. The largest absolute Gasteiger partial charge is 0.394 e. The summed E-state index contributed by atoms with van der Waals surface area (Å²) in [5.41, 5.74) is 0. The molecule has 5 heterocycles. The number of amides is 2. The summed E-state index contributed by atoms with van der Waals surface area (Å²) in [6, 6.07) is -3.12. The third kappa shape index (κ3) is 10.9. The van der Waals surface area contributed by atoms with E-state index >= 15 is 0 Å². The summed E-state index contributed by atoms with van der Waals surface area (Å²) in [7, 11) is 0. The summed E-state index contributed by atoms with van der Waals surface area (Å²) in [5, 5.41) is 153. The normalized spacial score (nSPS) is 49.6. The maximum absolute atomic E-state index is 12.5. The molecule has 0 radical (unpaired) electrons. The zero-order chi connectivity index (χ0) is 45.2. The summed E-state index contributed by atoms with van der Waals surface area (Å²) >= 11 is 0. The van der Waals surface area contributed by atoms with Crippen molar-refractivity contribution in [3.8, 4) is 0 Å². The first kappa shape index (κ1) is 50.0. The van der Waals surface area contributed by atoms with Crippen LogP contribution in [0.15, 0.2) is 0 Å². The van der Waals surface area contributed by atoms with Gasteiger partial charge in [0.05, 0.1) is 32.5 Å². The summed E-state index contributed by atoms with van der Waals surface area (Å²) in [6.07, 6.45) is -41.0. The van der Waals surface area contributed by atoms with Gasteiger partial charge in [-0.3, -0.25) is 9.59 Å². The van der Waals surface area contributed by atoms with Crippen molar-refractivity contribution >= 4 is 11.8 Å². The van der Waals surface area contributed by atoms with E-state index in [1.165, 1.54) is 6.92 Å². The van der Waals surface area contributed by atoms with E-state index in [9.17, 15) is 81.1 Å². The van der Waals surface area contributed by atoms with E-state index in [0.717, 1.165) is 13.8 Å². The van der Waals surface area contributed by atoms with Crippen LogP contribution in [0, 0.1) is 0 Å². The molecule has 1 unspecified atom stereocenters. The predicted molar refractivity (Wildman–Crippen MR) is 188 cm³/mol. The van der Waals surface area contributed by atoms with Gasteiger partial charge in [-0.15, -0.1) is 0 Å². The monoisotopic (exact) mass is 894 g/mol. The lowest BCUT2D eigenvalue weighted by Crippen LogP contribution is -2.69. The molecule has 0 bridgehead atoms. The molecule has 16 N–H and O–H groups in total. The van der Waals surface area contributed by atoms with Gasteiger partial charge in [0.15, 0.2) is 31.5 Å². The zero-order valence-electron chi connectivity index (χ0n) is 33.0. The Bertz CT molecular complexity index is 1420. The smallest absolute Gasteiger partial charge is 0.217 e. The zero-order valence-corrected chi connectivity index (χ0v) is 33.0. The maximum Gasteiger partial charge on any atom is 0.217 e. The van der Waals surface area contributed by atoms with Gasteiger partial charge in [-0.05, 0) is 6.92 Å². The molecule has 25 atom stereocenters. The Hall–Kier alpha value is -1.98. The van der Waals surface area contributed by atoms with Crippen LogP contribution in [-0.4, -0.2) is 263 Å². The molecule has 2 amide bonds. The Morgan fingerprint density at radius 1 is 0.459 bits per heavy atom. The third-order valence-corrected chi connectivity index (χ3v) is 11.1. The molecule has 0 aromatic rings. The lowest BCUT2D eigenvalue weighted by atomic mass is 9.94. The minimum absolute atomic E-state index is 0.742. The molecule has 5 aliphatic heterocycles. The van der Waals surface area contributed by atoms with Crippen molar-refractivity contribution in [2.75, 3.05) is 26.4 Å². The van der Waals surface area contributed by atoms with Crippen LogP contribution in [0.1, 0.15) is 20.8 Å². The molecular weight excluding hydrogens is 836 g/mol. The van der Waals surface area contributed by atoms with E-state index in [2.05, 4.69) is 10.6 Å². The van der Waals surface area contributed by atoms with Gasteiger partial charge in [-0.1, -0.05) is 0 Å². The molecular formula is C34H58N2O25. The molecule has 0 spiro atoms. The molecule has 27 heteroatoms. The third-order valence-electron chi connectivity index (χ3n) is 11.1. The first-order valence-electron chi connectivity index (χ1n) is 19.4. The standard InChI is InChI=1S/C34H58N2O25/c1-8-17(42)22(47)24(49)32(54-8)60-28-16(36-10(3)41)31(56-13(6-39)20(28)45)53-7-14-21(46)29(61-33-25(50)23(48)18(43)11(4-37)57-33)26(51)34(58-14)59-27-15(35-9(2)40)30(52)55-12(5-38)19(27)44/h8,11-34,37-39,42-52H,4-7H2,1-3H3,(H,35,40)(H,36,41)/t8-,11+,12+,13+,14+,15+,16+,17+,18-,19-,20-,21-,22+,23-,24-,25+,26+,27+,28+,29-,30?,31-,32-,33-,34-/m0/s1. The Balaban J connectivity index is 1.45. The lowest BCUT2D eigenvalue weighted by molar-refractivity contribution is -0.378. The van der Waals surface area contributed by atoms with Crippen molar-refractivity contribution in [2.24, 2.45) is 0 Å². The fraction of sp³-hybridized carbons (Fsp3) is 0.941. The molecule has 0 aliphatic carbocycles. The Labute approximate surface area is 346 Å². The molecule has 61 heavy (non-hydrogen) atoms. The highest BCUT2D eigenvalue weighted by Gasteiger charge is 2.56. The molecule has 0 aromatic heterocycles. The minimum Gasteiger partial charge on any atom is -0.394 e. The number of aliphatic hydroxyl groups excluding tert-OH is 14. The first-order valence-corrected chi connectivity index (χ1v) is 19.4. The van der Waals surface area contributed by atoms with Crippen molar-refractivity contribution in [3.05, 3.63) is 0 Å². The van der Waals surface area contributed by atoms with Crippen LogP contribution < -0.4 is 10.6 Å². The highest BCUT2D eigenvalue weighted by atomic mass is 16.8. The summed E-state index contributed by atoms with van der Waals surface area (Å²) in [4.78, 5) is 24.5. The quantitative estimate of drug-likeness (QED) is 0.0770. The average Bonchev–Trinajstić information content (AvgIpc) is 3.21. The number of carbonyl (C=O) groups is 2. The van der Waals surface area contributed by atoms with Crippen LogP contribution in [0.5, 0.6) is 0 Å². The van der Waals surface area contributed by atoms with Gasteiger partial charge in [-0.25, -0.2) is 0 Å². The number of hydrogen-bond donors (Lipinski definition) is 16. The second-order valence-corrected chi connectivity index (χ2v) is 15.4. The van der Waals surface area contributed by atoms with Gasteiger partial charge >= 0.3 is 0 Å². The van der Waals surface area contributed by atoms with Gasteiger partial charge in [0.2, 0.25) is 11.8 Å². The van der Waals surface area contributed by atoms with E-state index in [4.69, 9.17) is 42.6 Å². The van der Waals surface area contributed by atoms with Crippen LogP contribution in [-0.2, 0) is 52.2 Å². The van der Waals surface area contributed by atoms with Gasteiger partial charge < -0.3 is 125 Å². The van der Waals surface area contributed by atoms with E-state index in [1.807, 2.05) is 0 Å². The number of rotatable bonds is 14. The van der Waals surface area contributed by atoms with Gasteiger partial charge in [0.1, 0.15) is 116 Å². The molecule has 5 aliphatic rings. The van der Waals surface area contributed by atoms with Crippen LogP contribution in [0.25, 0.3) is 0 Å². The van der Waals surface area contributed by atoms with Crippen LogP contribution in [0.4, 0.5) is 0 Å². The molecule has 0 saturated carbocycles. The molecule has 354 valence electrons. The van der Waals surface area contributed by atoms with Crippen LogP contribution in [0.2, 0.25) is 0 Å². The average molecular weight is 895 g/mol.